The van der Waals surface area contributed by atoms with Crippen LogP contribution in [0.25, 0.3) is 16.6 Å². The van der Waals surface area contributed by atoms with Crippen molar-refractivity contribution < 1.29 is 9.72 Å². The summed E-state index contributed by atoms with van der Waals surface area (Å²) >= 11 is 11.9. The van der Waals surface area contributed by atoms with Crippen LogP contribution in [0.3, 0.4) is 0 Å². The van der Waals surface area contributed by atoms with Gasteiger partial charge >= 0.3 is 0 Å². The third kappa shape index (κ3) is 3.15. The maximum Gasteiger partial charge on any atom is 0.282 e. The minimum atomic E-state index is -0.600. The number of rotatable bonds is 4. The lowest BCUT2D eigenvalue weighted by Crippen LogP contribution is -2.09. The van der Waals surface area contributed by atoms with E-state index < -0.39 is 10.7 Å². The highest BCUT2D eigenvalue weighted by molar-refractivity contribution is 6.31. The van der Waals surface area contributed by atoms with E-state index in [-0.39, 0.29) is 16.3 Å². The second-order valence-electron chi connectivity index (χ2n) is 6.16. The molecule has 0 amide bonds. The van der Waals surface area contributed by atoms with Crippen LogP contribution in [0.1, 0.15) is 16.1 Å². The van der Waals surface area contributed by atoms with E-state index in [4.69, 9.17) is 23.2 Å². The first-order valence-corrected chi connectivity index (χ1v) is 9.06. The fourth-order valence-corrected chi connectivity index (χ4v) is 3.47. The Bertz CT molecular complexity index is 1230. The summed E-state index contributed by atoms with van der Waals surface area (Å²) in [6, 6.07) is 18.5. The normalized spacial score (nSPS) is 10.9. The maximum absolute atomic E-state index is 13.4. The van der Waals surface area contributed by atoms with Crippen molar-refractivity contribution >= 4 is 40.2 Å². The Morgan fingerprint density at radius 1 is 0.929 bits per heavy atom. The van der Waals surface area contributed by atoms with Crippen LogP contribution in [0.5, 0.6) is 0 Å². The van der Waals surface area contributed by atoms with Gasteiger partial charge in [0.15, 0.2) is 0 Å². The van der Waals surface area contributed by atoms with Gasteiger partial charge in [-0.05, 0) is 48.0 Å². The van der Waals surface area contributed by atoms with E-state index in [1.54, 1.807) is 28.8 Å². The van der Waals surface area contributed by atoms with Gasteiger partial charge in [0.2, 0.25) is 5.78 Å². The average molecular weight is 411 g/mol. The zero-order valence-corrected chi connectivity index (χ0v) is 15.8. The summed E-state index contributed by atoms with van der Waals surface area (Å²) in [6.07, 6.45) is 1.75. The standard InChI is InChI=1S/C21H12Cl2N2O3/c22-14-6-4-13(5-7-14)18-12-16-3-1-2-10-24(16)20(18)21(26)17-9-8-15(23)11-19(17)25(27)28/h1-12H. The summed E-state index contributed by atoms with van der Waals surface area (Å²) in [4.78, 5) is 24.3. The molecule has 0 aliphatic rings. The molecule has 0 atom stereocenters. The highest BCUT2D eigenvalue weighted by Crippen LogP contribution is 2.33. The zero-order chi connectivity index (χ0) is 19.8. The van der Waals surface area contributed by atoms with Crippen molar-refractivity contribution in [3.8, 4) is 11.1 Å². The number of halogens is 2. The smallest absolute Gasteiger partial charge is 0.282 e. The van der Waals surface area contributed by atoms with E-state index in [2.05, 4.69) is 0 Å². The fourth-order valence-electron chi connectivity index (χ4n) is 3.18. The number of benzene rings is 2. The molecule has 0 fully saturated rings. The predicted molar refractivity (Wildman–Crippen MR) is 109 cm³/mol. The quantitative estimate of drug-likeness (QED) is 0.233. The van der Waals surface area contributed by atoms with Crippen LogP contribution in [-0.2, 0) is 0 Å². The van der Waals surface area contributed by atoms with E-state index >= 15 is 0 Å². The lowest BCUT2D eigenvalue weighted by molar-refractivity contribution is -0.385. The molecular formula is C21H12Cl2N2O3. The van der Waals surface area contributed by atoms with Gasteiger partial charge in [0.05, 0.1) is 4.92 Å². The molecule has 2 heterocycles. The van der Waals surface area contributed by atoms with Gasteiger partial charge in [0.25, 0.3) is 5.69 Å². The summed E-state index contributed by atoms with van der Waals surface area (Å²) in [6.45, 7) is 0. The van der Waals surface area contributed by atoms with Crippen molar-refractivity contribution in [1.29, 1.82) is 0 Å². The molecule has 28 heavy (non-hydrogen) atoms. The topological polar surface area (TPSA) is 64.6 Å². The molecule has 0 N–H and O–H groups in total. The van der Waals surface area contributed by atoms with Gasteiger partial charge in [-0.15, -0.1) is 0 Å². The predicted octanol–water partition coefficient (Wildman–Crippen LogP) is 6.05. The lowest BCUT2D eigenvalue weighted by Gasteiger charge is -2.08. The second kappa shape index (κ2) is 7.11. The molecule has 138 valence electrons. The zero-order valence-electron chi connectivity index (χ0n) is 14.3. The highest BCUT2D eigenvalue weighted by Gasteiger charge is 2.26. The highest BCUT2D eigenvalue weighted by atomic mass is 35.5. The Morgan fingerprint density at radius 3 is 2.36 bits per heavy atom. The Balaban J connectivity index is 1.98. The van der Waals surface area contributed by atoms with E-state index in [1.165, 1.54) is 18.2 Å². The summed E-state index contributed by atoms with van der Waals surface area (Å²) in [5.74, 6) is -0.459. The van der Waals surface area contributed by atoms with Gasteiger partial charge in [-0.3, -0.25) is 14.9 Å². The van der Waals surface area contributed by atoms with Crippen molar-refractivity contribution in [3.63, 3.8) is 0 Å². The molecule has 2 aromatic carbocycles. The molecule has 4 rings (SSSR count). The third-order valence-electron chi connectivity index (χ3n) is 4.45. The van der Waals surface area contributed by atoms with Crippen LogP contribution >= 0.6 is 23.2 Å². The Hall–Kier alpha value is -3.15. The minimum absolute atomic E-state index is 0.0199. The van der Waals surface area contributed by atoms with Crippen LogP contribution < -0.4 is 0 Å². The number of aromatic nitrogens is 1. The number of hydrogen-bond acceptors (Lipinski definition) is 3. The molecule has 0 saturated heterocycles. The number of nitrogens with zero attached hydrogens (tertiary/aromatic N) is 2. The first-order chi connectivity index (χ1) is 13.5. The second-order valence-corrected chi connectivity index (χ2v) is 7.03. The van der Waals surface area contributed by atoms with Crippen LogP contribution in [0.15, 0.2) is 72.9 Å². The average Bonchev–Trinajstić information content (AvgIpc) is 3.07. The number of carbonyl (C=O) groups is 1. The molecule has 0 spiro atoms. The number of carbonyl (C=O) groups excluding carboxylic acids is 1. The van der Waals surface area contributed by atoms with Crippen LogP contribution in [0.4, 0.5) is 5.69 Å². The van der Waals surface area contributed by atoms with Crippen molar-refractivity contribution in [1.82, 2.24) is 4.40 Å². The van der Waals surface area contributed by atoms with Gasteiger partial charge < -0.3 is 4.40 Å². The monoisotopic (exact) mass is 410 g/mol. The first-order valence-electron chi connectivity index (χ1n) is 8.30. The van der Waals surface area contributed by atoms with Gasteiger partial charge in [0, 0.05) is 33.4 Å². The lowest BCUT2D eigenvalue weighted by atomic mass is 9.99. The van der Waals surface area contributed by atoms with Crippen LogP contribution in [0, 0.1) is 10.1 Å². The first kappa shape index (κ1) is 18.2. The Morgan fingerprint density at radius 2 is 1.64 bits per heavy atom. The van der Waals surface area contributed by atoms with Crippen molar-refractivity contribution in [2.45, 2.75) is 0 Å². The largest absolute Gasteiger partial charge is 0.313 e. The van der Waals surface area contributed by atoms with Crippen molar-refractivity contribution in [2.24, 2.45) is 0 Å². The summed E-state index contributed by atoms with van der Waals surface area (Å²) < 4.78 is 1.73. The summed E-state index contributed by atoms with van der Waals surface area (Å²) in [5.41, 5.74) is 2.24. The summed E-state index contributed by atoms with van der Waals surface area (Å²) in [5, 5.41) is 12.3. The molecule has 0 aliphatic heterocycles. The molecule has 0 radical (unpaired) electrons. The van der Waals surface area contributed by atoms with Gasteiger partial charge in [0.1, 0.15) is 11.3 Å². The van der Waals surface area contributed by atoms with Gasteiger partial charge in [-0.1, -0.05) is 41.4 Å². The molecule has 5 nitrogen and oxygen atoms in total. The van der Waals surface area contributed by atoms with Crippen molar-refractivity contribution in [2.75, 3.05) is 0 Å². The number of fused-ring (bicyclic) bond motifs is 1. The molecule has 0 saturated carbocycles. The Kier molecular flexibility index (Phi) is 4.63. The SMILES string of the molecule is O=C(c1ccc(Cl)cc1[N+](=O)[O-])c1c(-c2ccc(Cl)cc2)cc2ccccn12. The molecule has 4 aromatic rings. The van der Waals surface area contributed by atoms with E-state index in [0.717, 1.165) is 11.1 Å². The summed E-state index contributed by atoms with van der Waals surface area (Å²) in [7, 11) is 0. The number of nitro groups is 1. The number of nitro benzene ring substituents is 1. The fraction of sp³-hybridized carbons (Fsp3) is 0. The van der Waals surface area contributed by atoms with Crippen LogP contribution in [-0.4, -0.2) is 15.1 Å². The molecule has 0 aliphatic carbocycles. The van der Waals surface area contributed by atoms with Crippen molar-refractivity contribution in [3.05, 3.63) is 104 Å². The van der Waals surface area contributed by atoms with E-state index in [9.17, 15) is 14.9 Å². The van der Waals surface area contributed by atoms with E-state index in [0.29, 0.717) is 16.3 Å². The number of pyridine rings is 1. The third-order valence-corrected chi connectivity index (χ3v) is 4.94. The molecular weight excluding hydrogens is 399 g/mol. The van der Waals surface area contributed by atoms with Gasteiger partial charge in [-0.2, -0.15) is 0 Å². The number of ketones is 1. The molecule has 2 aromatic heterocycles. The molecule has 7 heteroatoms. The van der Waals surface area contributed by atoms with Gasteiger partial charge in [-0.25, -0.2) is 0 Å². The molecule has 0 unspecified atom stereocenters. The van der Waals surface area contributed by atoms with Crippen LogP contribution in [0.2, 0.25) is 10.0 Å². The number of hydrogen-bond donors (Lipinski definition) is 0. The van der Waals surface area contributed by atoms with E-state index in [1.807, 2.05) is 30.3 Å². The Labute approximate surface area is 169 Å². The minimum Gasteiger partial charge on any atom is -0.313 e. The maximum atomic E-state index is 13.4. The molecule has 0 bridgehead atoms.